The molecule has 1 saturated heterocycles. The third-order valence-electron chi connectivity index (χ3n) is 6.08. The van der Waals surface area contributed by atoms with Gasteiger partial charge < -0.3 is 14.8 Å². The van der Waals surface area contributed by atoms with Gasteiger partial charge in [0.25, 0.3) is 0 Å². The van der Waals surface area contributed by atoms with Gasteiger partial charge in [0.05, 0.1) is 19.3 Å². The van der Waals surface area contributed by atoms with Crippen molar-refractivity contribution < 1.29 is 19.1 Å². The summed E-state index contributed by atoms with van der Waals surface area (Å²) < 4.78 is 11.9. The molecule has 1 unspecified atom stereocenters. The van der Waals surface area contributed by atoms with Crippen molar-refractivity contribution in [1.82, 2.24) is 5.32 Å². The van der Waals surface area contributed by atoms with Crippen LogP contribution >= 0.6 is 0 Å². The predicted molar refractivity (Wildman–Crippen MR) is 97.1 cm³/mol. The second kappa shape index (κ2) is 7.03. The number of nitrogens with one attached hydrogen (secondary N) is 1. The second-order valence-electron chi connectivity index (χ2n) is 8.02. The van der Waals surface area contributed by atoms with Gasteiger partial charge in [0.1, 0.15) is 17.1 Å². The fraction of sp³-hybridized carbons (Fsp3) is 0.619. The van der Waals surface area contributed by atoms with E-state index in [0.29, 0.717) is 38.9 Å². The summed E-state index contributed by atoms with van der Waals surface area (Å²) in [6, 6.07) is 6.17. The van der Waals surface area contributed by atoms with Crippen LogP contribution in [0.25, 0.3) is 0 Å². The van der Waals surface area contributed by atoms with Crippen LogP contribution < -0.4 is 10.1 Å². The van der Waals surface area contributed by atoms with Crippen molar-refractivity contribution in [1.29, 1.82) is 0 Å². The van der Waals surface area contributed by atoms with E-state index in [-0.39, 0.29) is 29.3 Å². The smallest absolute Gasteiger partial charge is 0.223 e. The minimum Gasteiger partial charge on any atom is -0.487 e. The first-order valence-electron chi connectivity index (χ1n) is 9.74. The molecule has 1 saturated carbocycles. The monoisotopic (exact) mass is 357 g/mol. The van der Waals surface area contributed by atoms with Gasteiger partial charge in [0.2, 0.25) is 5.91 Å². The molecule has 0 bridgehead atoms. The molecule has 1 aromatic rings. The van der Waals surface area contributed by atoms with E-state index in [9.17, 15) is 9.59 Å². The Hall–Kier alpha value is -1.88. The molecule has 2 heterocycles. The van der Waals surface area contributed by atoms with Crippen LogP contribution in [0.2, 0.25) is 0 Å². The van der Waals surface area contributed by atoms with Crippen molar-refractivity contribution in [3.05, 3.63) is 29.3 Å². The number of fused-ring (bicyclic) bond motifs is 1. The molecule has 26 heavy (non-hydrogen) atoms. The Morgan fingerprint density at radius 3 is 2.65 bits per heavy atom. The Morgan fingerprint density at radius 1 is 1.19 bits per heavy atom. The number of rotatable bonds is 2. The fourth-order valence-corrected chi connectivity index (χ4v) is 4.46. The number of hydrogen-bond donors (Lipinski definition) is 1. The number of amides is 1. The van der Waals surface area contributed by atoms with Gasteiger partial charge in [0, 0.05) is 43.6 Å². The Balaban J connectivity index is 1.56. The van der Waals surface area contributed by atoms with Crippen molar-refractivity contribution in [3.8, 4) is 5.75 Å². The molecule has 2 fully saturated rings. The lowest BCUT2D eigenvalue weighted by Gasteiger charge is -2.44. The molecule has 140 valence electrons. The van der Waals surface area contributed by atoms with Crippen LogP contribution in [0.4, 0.5) is 0 Å². The zero-order valence-corrected chi connectivity index (χ0v) is 15.4. The molecule has 1 atom stereocenters. The zero-order valence-electron chi connectivity index (χ0n) is 15.4. The van der Waals surface area contributed by atoms with Gasteiger partial charge in [0.15, 0.2) is 0 Å². The molecule has 4 rings (SSSR count). The lowest BCUT2D eigenvalue weighted by molar-refractivity contribution is -0.130. The zero-order chi connectivity index (χ0) is 18.1. The van der Waals surface area contributed by atoms with Gasteiger partial charge in [-0.2, -0.15) is 0 Å². The standard InChI is InChI=1S/C21H27NO4/c1-14-2-7-19-17(12-14)18(13-21(26-19)8-10-25-11-9-21)22-20(24)15-3-5-16(23)6-4-15/h2,7,12,15,18H,3-6,8-11,13H2,1H3,(H,22,24). The Labute approximate surface area is 154 Å². The highest BCUT2D eigenvalue weighted by Crippen LogP contribution is 2.44. The molecule has 0 radical (unpaired) electrons. The molecular formula is C21H27NO4. The van der Waals surface area contributed by atoms with Crippen molar-refractivity contribution >= 4 is 11.7 Å². The van der Waals surface area contributed by atoms with Crippen LogP contribution in [-0.2, 0) is 14.3 Å². The quantitative estimate of drug-likeness (QED) is 0.882. The first kappa shape index (κ1) is 17.5. The highest BCUT2D eigenvalue weighted by molar-refractivity contribution is 5.84. The Bertz CT molecular complexity index is 698. The van der Waals surface area contributed by atoms with Crippen molar-refractivity contribution in [2.75, 3.05) is 13.2 Å². The SMILES string of the molecule is Cc1ccc2c(c1)C(NC(=O)C1CCC(=O)CC1)CC1(CCOCC1)O2. The summed E-state index contributed by atoms with van der Waals surface area (Å²) in [5, 5.41) is 3.29. The summed E-state index contributed by atoms with van der Waals surface area (Å²) in [4.78, 5) is 24.3. The minimum absolute atomic E-state index is 0.0399. The average Bonchev–Trinajstić information content (AvgIpc) is 2.63. The number of ketones is 1. The van der Waals surface area contributed by atoms with Gasteiger partial charge in [-0.3, -0.25) is 9.59 Å². The largest absolute Gasteiger partial charge is 0.487 e. The molecule has 3 aliphatic rings. The lowest BCUT2D eigenvalue weighted by Crippen LogP contribution is -2.49. The third kappa shape index (κ3) is 3.50. The van der Waals surface area contributed by atoms with E-state index < -0.39 is 0 Å². The van der Waals surface area contributed by atoms with E-state index >= 15 is 0 Å². The Kier molecular flexibility index (Phi) is 4.74. The van der Waals surface area contributed by atoms with Gasteiger partial charge in [-0.05, 0) is 25.8 Å². The molecule has 0 aromatic heterocycles. The summed E-state index contributed by atoms with van der Waals surface area (Å²) in [6.45, 7) is 3.46. The number of carbonyl (C=O) groups excluding carboxylic acids is 2. The predicted octanol–water partition coefficient (Wildman–Crippen LogP) is 3.24. The number of hydrogen-bond acceptors (Lipinski definition) is 4. The molecule has 5 heteroatoms. The first-order valence-corrected chi connectivity index (χ1v) is 9.74. The van der Waals surface area contributed by atoms with Crippen molar-refractivity contribution in [2.45, 2.75) is 63.5 Å². The molecule has 1 amide bonds. The van der Waals surface area contributed by atoms with E-state index in [0.717, 1.165) is 36.1 Å². The lowest BCUT2D eigenvalue weighted by atomic mass is 9.81. The average molecular weight is 357 g/mol. The highest BCUT2D eigenvalue weighted by atomic mass is 16.5. The maximum absolute atomic E-state index is 12.9. The Morgan fingerprint density at radius 2 is 1.92 bits per heavy atom. The van der Waals surface area contributed by atoms with Crippen LogP contribution in [0.1, 0.15) is 62.1 Å². The van der Waals surface area contributed by atoms with Crippen LogP contribution in [0.15, 0.2) is 18.2 Å². The highest BCUT2D eigenvalue weighted by Gasteiger charge is 2.43. The fourth-order valence-electron chi connectivity index (χ4n) is 4.46. The van der Waals surface area contributed by atoms with E-state index in [2.05, 4.69) is 24.4 Å². The molecule has 1 aliphatic carbocycles. The van der Waals surface area contributed by atoms with E-state index in [4.69, 9.17) is 9.47 Å². The number of Topliss-reactive ketones (excluding diaryl/α,β-unsaturated/α-hetero) is 1. The van der Waals surface area contributed by atoms with Gasteiger partial charge in [-0.15, -0.1) is 0 Å². The minimum atomic E-state index is -0.249. The summed E-state index contributed by atoms with van der Waals surface area (Å²) in [5.74, 6) is 1.20. The number of aryl methyl sites for hydroxylation is 1. The number of ether oxygens (including phenoxy) is 2. The van der Waals surface area contributed by atoms with Crippen LogP contribution in [-0.4, -0.2) is 30.5 Å². The van der Waals surface area contributed by atoms with Crippen molar-refractivity contribution in [2.24, 2.45) is 5.92 Å². The van der Waals surface area contributed by atoms with Crippen molar-refractivity contribution in [3.63, 3.8) is 0 Å². The summed E-state index contributed by atoms with van der Waals surface area (Å²) >= 11 is 0. The van der Waals surface area contributed by atoms with Gasteiger partial charge in [-0.25, -0.2) is 0 Å². The number of benzene rings is 1. The van der Waals surface area contributed by atoms with E-state index in [1.54, 1.807) is 0 Å². The van der Waals surface area contributed by atoms with Crippen LogP contribution in [0.3, 0.4) is 0 Å². The maximum Gasteiger partial charge on any atom is 0.223 e. The van der Waals surface area contributed by atoms with Gasteiger partial charge in [-0.1, -0.05) is 17.7 Å². The molecule has 1 aromatic carbocycles. The van der Waals surface area contributed by atoms with Crippen LogP contribution in [0, 0.1) is 12.8 Å². The summed E-state index contributed by atoms with van der Waals surface area (Å²) in [7, 11) is 0. The van der Waals surface area contributed by atoms with Gasteiger partial charge >= 0.3 is 0 Å². The molecule has 2 aliphatic heterocycles. The first-order chi connectivity index (χ1) is 12.5. The normalized spacial score (nSPS) is 25.4. The molecular weight excluding hydrogens is 330 g/mol. The molecule has 1 spiro atoms. The third-order valence-corrected chi connectivity index (χ3v) is 6.08. The van der Waals surface area contributed by atoms with E-state index in [1.807, 2.05) is 6.07 Å². The topological polar surface area (TPSA) is 64.6 Å². The maximum atomic E-state index is 12.9. The van der Waals surface area contributed by atoms with Crippen LogP contribution in [0.5, 0.6) is 5.75 Å². The number of carbonyl (C=O) groups is 2. The van der Waals surface area contributed by atoms with E-state index in [1.165, 1.54) is 0 Å². The molecule has 1 N–H and O–H groups in total. The second-order valence-corrected chi connectivity index (χ2v) is 8.02. The summed E-state index contributed by atoms with van der Waals surface area (Å²) in [6.07, 6.45) is 4.90. The molecule has 5 nitrogen and oxygen atoms in total. The summed E-state index contributed by atoms with van der Waals surface area (Å²) in [5.41, 5.74) is 1.99.